The van der Waals surface area contributed by atoms with Gasteiger partial charge in [-0.3, -0.25) is 0 Å². The van der Waals surface area contributed by atoms with Crippen LogP contribution in [0.4, 0.5) is 0 Å². The number of aromatic hydroxyl groups is 1. The van der Waals surface area contributed by atoms with Gasteiger partial charge in [-0.1, -0.05) is 29.8 Å². The van der Waals surface area contributed by atoms with Crippen LogP contribution in [0.3, 0.4) is 0 Å². The molecule has 1 aromatic rings. The molecule has 0 spiro atoms. The molecule has 114 valence electrons. The Morgan fingerprint density at radius 3 is 2.60 bits per heavy atom. The summed E-state index contributed by atoms with van der Waals surface area (Å²) >= 11 is 3.44. The van der Waals surface area contributed by atoms with Crippen LogP contribution >= 0.6 is 15.9 Å². The predicted octanol–water partition coefficient (Wildman–Crippen LogP) is 3.05. The van der Waals surface area contributed by atoms with Crippen molar-refractivity contribution in [1.82, 2.24) is 5.32 Å². The van der Waals surface area contributed by atoms with Crippen LogP contribution in [-0.4, -0.2) is 30.0 Å². The van der Waals surface area contributed by atoms with E-state index in [2.05, 4.69) is 35.1 Å². The number of phenolic OH excluding ortho intramolecular Hbond substituents is 1. The van der Waals surface area contributed by atoms with Crippen LogP contribution < -0.4 is 10.1 Å². The maximum atomic E-state index is 9.67. The largest absolute Gasteiger partial charge is 0.504 e. The molecule has 0 heterocycles. The number of nitrogens with one attached hydrogen (secondary N) is 1. The fraction of sp³-hybridized carbons (Fsp3) is 0.600. The minimum absolute atomic E-state index is 0.0294. The zero-order valence-corrected chi connectivity index (χ0v) is 14.1. The van der Waals surface area contributed by atoms with Gasteiger partial charge >= 0.3 is 0 Å². The molecule has 1 atom stereocenters. The van der Waals surface area contributed by atoms with Gasteiger partial charge in [-0.15, -0.1) is 0 Å². The van der Waals surface area contributed by atoms with Crippen molar-refractivity contribution in [2.45, 2.75) is 39.8 Å². The molecule has 0 aliphatic heterocycles. The third kappa shape index (κ3) is 5.31. The molecule has 1 unspecified atom stereocenters. The molecule has 3 N–H and O–H groups in total. The van der Waals surface area contributed by atoms with E-state index in [-0.39, 0.29) is 17.3 Å². The lowest BCUT2D eigenvalue weighted by Crippen LogP contribution is -2.31. The van der Waals surface area contributed by atoms with Gasteiger partial charge in [-0.05, 0) is 36.5 Å². The molecule has 0 amide bonds. The van der Waals surface area contributed by atoms with Crippen LogP contribution in [0.2, 0.25) is 0 Å². The summed E-state index contributed by atoms with van der Waals surface area (Å²) in [5.74, 6) is 0.589. The molecular formula is C15H24BrNO3. The summed E-state index contributed by atoms with van der Waals surface area (Å²) in [7, 11) is 1.53. The maximum Gasteiger partial charge on any atom is 0.160 e. The lowest BCUT2D eigenvalue weighted by atomic mass is 9.87. The molecule has 0 saturated heterocycles. The van der Waals surface area contributed by atoms with Gasteiger partial charge < -0.3 is 20.3 Å². The van der Waals surface area contributed by atoms with E-state index >= 15 is 0 Å². The second kappa shape index (κ2) is 7.29. The van der Waals surface area contributed by atoms with Gasteiger partial charge in [0.2, 0.25) is 0 Å². The smallest absolute Gasteiger partial charge is 0.160 e. The Kier molecular flexibility index (Phi) is 6.30. The third-order valence-corrected chi connectivity index (χ3v) is 3.85. The lowest BCUT2D eigenvalue weighted by Gasteiger charge is -2.26. The Labute approximate surface area is 129 Å². The number of rotatable bonds is 7. The first-order chi connectivity index (χ1) is 9.25. The molecule has 1 rings (SSSR count). The van der Waals surface area contributed by atoms with Gasteiger partial charge in [-0.25, -0.2) is 0 Å². The van der Waals surface area contributed by atoms with E-state index in [0.29, 0.717) is 12.3 Å². The van der Waals surface area contributed by atoms with Crippen molar-refractivity contribution in [1.29, 1.82) is 0 Å². The standard InChI is InChI=1S/C15H24BrNO3/c1-10(18)7-15(2,3)9-17-8-11-5-14(20-4)13(19)6-12(11)16/h5-6,10,17-19H,7-9H2,1-4H3. The number of benzene rings is 1. The lowest BCUT2D eigenvalue weighted by molar-refractivity contribution is 0.128. The van der Waals surface area contributed by atoms with E-state index in [4.69, 9.17) is 4.74 Å². The Bertz CT molecular complexity index is 447. The fourth-order valence-electron chi connectivity index (χ4n) is 2.29. The van der Waals surface area contributed by atoms with E-state index in [1.54, 1.807) is 6.07 Å². The summed E-state index contributed by atoms with van der Waals surface area (Å²) in [4.78, 5) is 0. The van der Waals surface area contributed by atoms with Crippen molar-refractivity contribution in [3.8, 4) is 11.5 Å². The van der Waals surface area contributed by atoms with Gasteiger partial charge in [0.05, 0.1) is 13.2 Å². The molecule has 0 saturated carbocycles. The summed E-state index contributed by atoms with van der Waals surface area (Å²) in [5.41, 5.74) is 1.05. The molecule has 0 bridgehead atoms. The predicted molar refractivity (Wildman–Crippen MR) is 84.1 cm³/mol. The summed E-state index contributed by atoms with van der Waals surface area (Å²) in [5, 5.41) is 22.5. The molecule has 0 fully saturated rings. The van der Waals surface area contributed by atoms with E-state index in [1.165, 1.54) is 7.11 Å². The maximum absolute atomic E-state index is 9.67. The average Bonchev–Trinajstić information content (AvgIpc) is 2.30. The second-order valence-electron chi connectivity index (χ2n) is 5.94. The van der Waals surface area contributed by atoms with E-state index in [0.717, 1.165) is 23.0 Å². The minimum atomic E-state index is -0.299. The summed E-state index contributed by atoms with van der Waals surface area (Å²) in [6.07, 6.45) is 0.451. The highest BCUT2D eigenvalue weighted by Crippen LogP contribution is 2.32. The third-order valence-electron chi connectivity index (χ3n) is 3.11. The number of methoxy groups -OCH3 is 1. The van der Waals surface area contributed by atoms with Crippen molar-refractivity contribution in [2.75, 3.05) is 13.7 Å². The van der Waals surface area contributed by atoms with Crippen LogP contribution in [0.1, 0.15) is 32.8 Å². The monoisotopic (exact) mass is 345 g/mol. The van der Waals surface area contributed by atoms with Crippen LogP contribution in [0, 0.1) is 5.41 Å². The zero-order valence-electron chi connectivity index (χ0n) is 12.5. The van der Waals surface area contributed by atoms with Gasteiger partial charge in [0, 0.05) is 17.6 Å². The van der Waals surface area contributed by atoms with Gasteiger partial charge in [-0.2, -0.15) is 0 Å². The zero-order chi connectivity index (χ0) is 15.3. The quantitative estimate of drug-likeness (QED) is 0.710. The molecule has 0 aromatic heterocycles. The Morgan fingerprint density at radius 1 is 1.40 bits per heavy atom. The molecule has 4 nitrogen and oxygen atoms in total. The Morgan fingerprint density at radius 2 is 2.05 bits per heavy atom. The molecule has 0 aliphatic rings. The summed E-state index contributed by atoms with van der Waals surface area (Å²) < 4.78 is 5.95. The van der Waals surface area contributed by atoms with Crippen LogP contribution in [0.25, 0.3) is 0 Å². The summed E-state index contributed by atoms with van der Waals surface area (Å²) in [6, 6.07) is 3.45. The second-order valence-corrected chi connectivity index (χ2v) is 6.79. The summed E-state index contributed by atoms with van der Waals surface area (Å²) in [6.45, 7) is 7.52. The number of hydrogen-bond acceptors (Lipinski definition) is 4. The topological polar surface area (TPSA) is 61.7 Å². The van der Waals surface area contributed by atoms with Gasteiger partial charge in [0.15, 0.2) is 11.5 Å². The van der Waals surface area contributed by atoms with Crippen molar-refractivity contribution in [2.24, 2.45) is 5.41 Å². The first-order valence-electron chi connectivity index (χ1n) is 6.69. The van der Waals surface area contributed by atoms with Crippen LogP contribution in [0.5, 0.6) is 11.5 Å². The number of aliphatic hydroxyl groups is 1. The normalized spacial score (nSPS) is 13.3. The first kappa shape index (κ1) is 17.3. The SMILES string of the molecule is COc1cc(CNCC(C)(C)CC(C)O)c(Br)cc1O. The Balaban J connectivity index is 2.62. The van der Waals surface area contributed by atoms with Crippen molar-refractivity contribution >= 4 is 15.9 Å². The van der Waals surface area contributed by atoms with Crippen molar-refractivity contribution < 1.29 is 14.9 Å². The fourth-order valence-corrected chi connectivity index (χ4v) is 2.76. The number of ether oxygens (including phenoxy) is 1. The average molecular weight is 346 g/mol. The van der Waals surface area contributed by atoms with Gasteiger partial charge in [0.1, 0.15) is 0 Å². The number of phenols is 1. The van der Waals surface area contributed by atoms with E-state index < -0.39 is 0 Å². The molecular weight excluding hydrogens is 322 g/mol. The van der Waals surface area contributed by atoms with Crippen molar-refractivity contribution in [3.63, 3.8) is 0 Å². The Hall–Kier alpha value is -0.780. The number of halogens is 1. The highest BCUT2D eigenvalue weighted by atomic mass is 79.9. The molecule has 0 radical (unpaired) electrons. The minimum Gasteiger partial charge on any atom is -0.504 e. The molecule has 20 heavy (non-hydrogen) atoms. The van der Waals surface area contributed by atoms with E-state index in [1.807, 2.05) is 13.0 Å². The first-order valence-corrected chi connectivity index (χ1v) is 7.48. The number of hydrogen-bond donors (Lipinski definition) is 3. The molecule has 0 aliphatic carbocycles. The van der Waals surface area contributed by atoms with E-state index in [9.17, 15) is 10.2 Å². The van der Waals surface area contributed by atoms with Gasteiger partial charge in [0.25, 0.3) is 0 Å². The molecule has 5 heteroatoms. The van der Waals surface area contributed by atoms with Crippen LogP contribution in [0.15, 0.2) is 16.6 Å². The van der Waals surface area contributed by atoms with Crippen molar-refractivity contribution in [3.05, 3.63) is 22.2 Å². The highest BCUT2D eigenvalue weighted by Gasteiger charge is 2.20. The number of aliphatic hydroxyl groups excluding tert-OH is 1. The highest BCUT2D eigenvalue weighted by molar-refractivity contribution is 9.10. The van der Waals surface area contributed by atoms with Crippen LogP contribution in [-0.2, 0) is 6.54 Å². The molecule has 1 aromatic carbocycles.